The summed E-state index contributed by atoms with van der Waals surface area (Å²) < 4.78 is 0. The predicted molar refractivity (Wildman–Crippen MR) is 123 cm³/mol. The molecule has 0 bridgehead atoms. The predicted octanol–water partition coefficient (Wildman–Crippen LogP) is 3.86. The highest BCUT2D eigenvalue weighted by atomic mass is 35.5. The molecule has 3 rings (SSSR count). The summed E-state index contributed by atoms with van der Waals surface area (Å²) in [5.41, 5.74) is 5.60. The summed E-state index contributed by atoms with van der Waals surface area (Å²) in [6.45, 7) is -0.231. The molecule has 5 N–H and O–H groups in total. The lowest BCUT2D eigenvalue weighted by Crippen LogP contribution is -2.43. The molecule has 3 aromatic carbocycles. The van der Waals surface area contributed by atoms with Crippen LogP contribution < -0.4 is 11.1 Å². The highest BCUT2D eigenvalue weighted by Gasteiger charge is 2.20. The van der Waals surface area contributed by atoms with E-state index in [2.05, 4.69) is 15.5 Å². The number of hydrogen-bond acceptors (Lipinski definition) is 7. The number of amides is 2. The van der Waals surface area contributed by atoms with E-state index in [4.69, 9.17) is 17.3 Å². The largest absolute Gasteiger partial charge is 0.507 e. The molecule has 0 aromatic heterocycles. The van der Waals surface area contributed by atoms with Gasteiger partial charge in [0.15, 0.2) is 0 Å². The number of carbonyl (C=O) groups excluding carboxylic acids is 2. The quantitative estimate of drug-likeness (QED) is 0.240. The highest BCUT2D eigenvalue weighted by molar-refractivity contribution is 7.98. The standard InChI is InChI=1S/C21H21ClN4O4S/c1-31-8-7-16(24-17(27)10-23)21(30)26-25-11-5-6-12-14(9-11)19(28)13-3-2-4-15(22)18(13)20(12)29/h2-6,9,16,28-29H,7-8,10,23H2,1H3,(H,24,27). The molecule has 0 aliphatic heterocycles. The van der Waals surface area contributed by atoms with Gasteiger partial charge in [0.2, 0.25) is 5.91 Å². The number of rotatable bonds is 7. The van der Waals surface area contributed by atoms with Crippen LogP contribution in [0.5, 0.6) is 11.5 Å². The molecule has 0 heterocycles. The highest BCUT2D eigenvalue weighted by Crippen LogP contribution is 2.45. The molecular formula is C21H21ClN4O4S. The first kappa shape index (κ1) is 22.8. The van der Waals surface area contributed by atoms with Crippen LogP contribution in [-0.4, -0.2) is 46.6 Å². The monoisotopic (exact) mass is 460 g/mol. The van der Waals surface area contributed by atoms with Crippen LogP contribution in [0.3, 0.4) is 0 Å². The third-order valence-corrected chi connectivity index (χ3v) is 5.67. The van der Waals surface area contributed by atoms with Gasteiger partial charge < -0.3 is 21.3 Å². The Bertz CT molecular complexity index is 1190. The van der Waals surface area contributed by atoms with Crippen LogP contribution in [0.4, 0.5) is 5.69 Å². The van der Waals surface area contributed by atoms with Crippen LogP contribution in [0.25, 0.3) is 21.5 Å². The number of aromatic hydroxyl groups is 2. The SMILES string of the molecule is CSCCC(NC(=O)CN)C(=O)N=Nc1ccc2c(O)c3c(Cl)cccc3c(O)c2c1. The molecule has 0 aliphatic carbocycles. The van der Waals surface area contributed by atoms with Gasteiger partial charge in [0.25, 0.3) is 5.91 Å². The molecule has 3 aromatic rings. The molecule has 0 fully saturated rings. The Morgan fingerprint density at radius 2 is 1.94 bits per heavy atom. The molecule has 8 nitrogen and oxygen atoms in total. The number of phenols is 2. The van der Waals surface area contributed by atoms with Gasteiger partial charge in [-0.3, -0.25) is 9.59 Å². The molecule has 1 unspecified atom stereocenters. The summed E-state index contributed by atoms with van der Waals surface area (Å²) in [5, 5.41) is 33.3. The fourth-order valence-corrected chi connectivity index (χ4v) is 3.90. The number of nitrogens with one attached hydrogen (secondary N) is 1. The number of nitrogens with zero attached hydrogens (tertiary/aromatic N) is 2. The maximum absolute atomic E-state index is 12.4. The summed E-state index contributed by atoms with van der Waals surface area (Å²) in [7, 11) is 0. The smallest absolute Gasteiger partial charge is 0.286 e. The first-order valence-corrected chi connectivity index (χ1v) is 11.1. The van der Waals surface area contributed by atoms with E-state index < -0.39 is 17.9 Å². The Kier molecular flexibility index (Phi) is 7.32. The lowest BCUT2D eigenvalue weighted by atomic mass is 10.0. The number of thioether (sulfide) groups is 1. The number of carbonyl (C=O) groups is 2. The second-order valence-electron chi connectivity index (χ2n) is 6.73. The van der Waals surface area contributed by atoms with E-state index in [0.29, 0.717) is 44.4 Å². The Balaban J connectivity index is 1.95. The maximum atomic E-state index is 12.4. The molecule has 0 saturated carbocycles. The van der Waals surface area contributed by atoms with Crippen LogP contribution >= 0.6 is 23.4 Å². The molecular weight excluding hydrogens is 440 g/mol. The van der Waals surface area contributed by atoms with E-state index >= 15 is 0 Å². The van der Waals surface area contributed by atoms with Crippen molar-refractivity contribution in [3.8, 4) is 11.5 Å². The van der Waals surface area contributed by atoms with Gasteiger partial charge in [-0.1, -0.05) is 23.7 Å². The third-order valence-electron chi connectivity index (χ3n) is 4.71. The van der Waals surface area contributed by atoms with Crippen molar-refractivity contribution in [1.82, 2.24) is 5.32 Å². The Morgan fingerprint density at radius 1 is 1.16 bits per heavy atom. The summed E-state index contributed by atoms with van der Waals surface area (Å²) in [5.74, 6) is -0.536. The van der Waals surface area contributed by atoms with Gasteiger partial charge in [-0.15, -0.1) is 10.2 Å². The summed E-state index contributed by atoms with van der Waals surface area (Å²) in [6, 6.07) is 8.74. The van der Waals surface area contributed by atoms with Crippen molar-refractivity contribution in [2.75, 3.05) is 18.6 Å². The van der Waals surface area contributed by atoms with Gasteiger partial charge in [0, 0.05) is 21.5 Å². The minimum absolute atomic E-state index is 0.0606. The van der Waals surface area contributed by atoms with Crippen LogP contribution in [0.15, 0.2) is 46.6 Å². The average Bonchev–Trinajstić information content (AvgIpc) is 2.78. The van der Waals surface area contributed by atoms with Crippen molar-refractivity contribution in [1.29, 1.82) is 0 Å². The minimum Gasteiger partial charge on any atom is -0.507 e. The number of nitrogens with two attached hydrogens (primary N) is 1. The van der Waals surface area contributed by atoms with Gasteiger partial charge in [0.1, 0.15) is 17.5 Å². The summed E-state index contributed by atoms with van der Waals surface area (Å²) in [4.78, 5) is 24.0. The molecule has 31 heavy (non-hydrogen) atoms. The van der Waals surface area contributed by atoms with Crippen molar-refractivity contribution in [2.45, 2.75) is 12.5 Å². The van der Waals surface area contributed by atoms with Gasteiger partial charge in [-0.05, 0) is 42.7 Å². The van der Waals surface area contributed by atoms with Gasteiger partial charge in [-0.2, -0.15) is 11.8 Å². The minimum atomic E-state index is -0.823. The van der Waals surface area contributed by atoms with E-state index in [9.17, 15) is 19.8 Å². The number of benzene rings is 3. The molecule has 1 atom stereocenters. The summed E-state index contributed by atoms with van der Waals surface area (Å²) in [6.07, 6.45) is 2.28. The van der Waals surface area contributed by atoms with E-state index in [-0.39, 0.29) is 18.0 Å². The molecule has 0 saturated heterocycles. The number of azo groups is 1. The van der Waals surface area contributed by atoms with E-state index in [1.807, 2.05) is 6.26 Å². The first-order valence-electron chi connectivity index (χ1n) is 9.37. The van der Waals surface area contributed by atoms with Crippen molar-refractivity contribution in [3.63, 3.8) is 0 Å². The van der Waals surface area contributed by atoms with Crippen LogP contribution in [0, 0.1) is 0 Å². The fraction of sp³-hybridized carbons (Fsp3) is 0.238. The lowest BCUT2D eigenvalue weighted by molar-refractivity contribution is -0.126. The number of halogens is 1. The average molecular weight is 461 g/mol. The van der Waals surface area contributed by atoms with Crippen LogP contribution in [0.2, 0.25) is 5.02 Å². The van der Waals surface area contributed by atoms with Gasteiger partial charge >= 0.3 is 0 Å². The molecule has 2 amide bonds. The Labute approximate surface area is 187 Å². The van der Waals surface area contributed by atoms with Crippen molar-refractivity contribution in [3.05, 3.63) is 41.4 Å². The zero-order valence-electron chi connectivity index (χ0n) is 16.6. The number of fused-ring (bicyclic) bond motifs is 2. The molecule has 0 spiro atoms. The number of hydrogen-bond donors (Lipinski definition) is 4. The van der Waals surface area contributed by atoms with Crippen molar-refractivity contribution >= 4 is 62.4 Å². The topological polar surface area (TPSA) is 137 Å². The van der Waals surface area contributed by atoms with Gasteiger partial charge in [0.05, 0.1) is 17.3 Å². The fourth-order valence-electron chi connectivity index (χ4n) is 3.16. The van der Waals surface area contributed by atoms with Gasteiger partial charge in [-0.25, -0.2) is 0 Å². The molecule has 10 heteroatoms. The molecule has 0 radical (unpaired) electrons. The zero-order chi connectivity index (χ0) is 22.5. The second-order valence-corrected chi connectivity index (χ2v) is 8.13. The first-order chi connectivity index (χ1) is 14.9. The maximum Gasteiger partial charge on any atom is 0.286 e. The third kappa shape index (κ3) is 4.90. The van der Waals surface area contributed by atoms with Crippen molar-refractivity contribution < 1.29 is 19.8 Å². The van der Waals surface area contributed by atoms with Crippen molar-refractivity contribution in [2.24, 2.45) is 16.0 Å². The van der Waals surface area contributed by atoms with E-state index in [0.717, 1.165) is 0 Å². The van der Waals surface area contributed by atoms with E-state index in [1.54, 1.807) is 30.3 Å². The number of phenolic OH excluding ortho intramolecular Hbond substituents is 2. The molecule has 0 aliphatic rings. The summed E-state index contributed by atoms with van der Waals surface area (Å²) >= 11 is 7.72. The van der Waals surface area contributed by atoms with E-state index in [1.165, 1.54) is 17.8 Å². The Morgan fingerprint density at radius 3 is 2.65 bits per heavy atom. The normalized spacial score (nSPS) is 12.5. The molecule has 162 valence electrons. The second kappa shape index (κ2) is 9.95. The van der Waals surface area contributed by atoms with Crippen LogP contribution in [-0.2, 0) is 9.59 Å². The van der Waals surface area contributed by atoms with Crippen LogP contribution in [0.1, 0.15) is 6.42 Å². The Hall–Kier alpha value is -2.88. The lowest BCUT2D eigenvalue weighted by Gasteiger charge is -2.13. The zero-order valence-corrected chi connectivity index (χ0v) is 18.2.